The molecule has 2 aromatic heterocycles. The standard InChI is InChI=1S/C14H18N4/c1-10-4-5-13(8-17-10)9-18-12(3)14-11(2)15-6-7-16-14/h4-8,12,18H,9H2,1-3H3. The molecule has 0 bridgehead atoms. The van der Waals surface area contributed by atoms with E-state index >= 15 is 0 Å². The second kappa shape index (κ2) is 5.69. The van der Waals surface area contributed by atoms with Crippen molar-refractivity contribution in [2.75, 3.05) is 0 Å². The quantitative estimate of drug-likeness (QED) is 0.894. The molecular weight excluding hydrogens is 224 g/mol. The normalized spacial score (nSPS) is 12.4. The molecule has 0 radical (unpaired) electrons. The van der Waals surface area contributed by atoms with E-state index in [1.807, 2.05) is 26.1 Å². The Morgan fingerprint density at radius 3 is 2.56 bits per heavy atom. The third-order valence-electron chi connectivity index (χ3n) is 2.91. The summed E-state index contributed by atoms with van der Waals surface area (Å²) in [7, 11) is 0. The van der Waals surface area contributed by atoms with Crippen molar-refractivity contribution in [3.63, 3.8) is 0 Å². The van der Waals surface area contributed by atoms with E-state index in [1.54, 1.807) is 12.4 Å². The van der Waals surface area contributed by atoms with Gasteiger partial charge in [-0.1, -0.05) is 6.07 Å². The van der Waals surface area contributed by atoms with Crippen LogP contribution in [0, 0.1) is 13.8 Å². The molecule has 1 atom stereocenters. The van der Waals surface area contributed by atoms with Gasteiger partial charge in [0.2, 0.25) is 0 Å². The van der Waals surface area contributed by atoms with E-state index in [9.17, 15) is 0 Å². The molecule has 0 aromatic carbocycles. The lowest BCUT2D eigenvalue weighted by atomic mass is 10.1. The molecule has 0 saturated heterocycles. The Balaban J connectivity index is 1.98. The van der Waals surface area contributed by atoms with Crippen molar-refractivity contribution in [2.24, 2.45) is 0 Å². The summed E-state index contributed by atoms with van der Waals surface area (Å²) in [6, 6.07) is 4.29. The maximum atomic E-state index is 4.36. The zero-order valence-corrected chi connectivity index (χ0v) is 11.0. The van der Waals surface area contributed by atoms with Gasteiger partial charge >= 0.3 is 0 Å². The summed E-state index contributed by atoms with van der Waals surface area (Å²) in [5, 5.41) is 3.43. The molecule has 94 valence electrons. The van der Waals surface area contributed by atoms with Gasteiger partial charge in [0.25, 0.3) is 0 Å². The topological polar surface area (TPSA) is 50.7 Å². The second-order valence-corrected chi connectivity index (χ2v) is 4.44. The fourth-order valence-corrected chi connectivity index (χ4v) is 1.81. The monoisotopic (exact) mass is 242 g/mol. The summed E-state index contributed by atoms with van der Waals surface area (Å²) in [5.41, 5.74) is 4.18. The Morgan fingerprint density at radius 1 is 1.11 bits per heavy atom. The van der Waals surface area contributed by atoms with Gasteiger partial charge in [-0.15, -0.1) is 0 Å². The van der Waals surface area contributed by atoms with Crippen LogP contribution >= 0.6 is 0 Å². The Morgan fingerprint density at radius 2 is 1.89 bits per heavy atom. The first-order valence-corrected chi connectivity index (χ1v) is 6.09. The molecule has 0 aliphatic carbocycles. The Bertz CT molecular complexity index is 507. The maximum Gasteiger partial charge on any atom is 0.0782 e. The van der Waals surface area contributed by atoms with Crippen molar-refractivity contribution in [1.29, 1.82) is 0 Å². The number of rotatable bonds is 4. The highest BCUT2D eigenvalue weighted by Gasteiger charge is 2.09. The zero-order chi connectivity index (χ0) is 13.0. The number of aromatic nitrogens is 3. The predicted molar refractivity (Wildman–Crippen MR) is 71.0 cm³/mol. The smallest absolute Gasteiger partial charge is 0.0782 e. The molecule has 1 N–H and O–H groups in total. The molecule has 1 unspecified atom stereocenters. The van der Waals surface area contributed by atoms with E-state index in [0.717, 1.165) is 23.6 Å². The van der Waals surface area contributed by atoms with Crippen molar-refractivity contribution in [1.82, 2.24) is 20.3 Å². The summed E-state index contributed by atoms with van der Waals surface area (Å²) in [5.74, 6) is 0. The van der Waals surface area contributed by atoms with Gasteiger partial charge in [0.1, 0.15) is 0 Å². The molecule has 0 aliphatic heterocycles. The molecule has 4 nitrogen and oxygen atoms in total. The minimum absolute atomic E-state index is 0.181. The van der Waals surface area contributed by atoms with Gasteiger partial charge in [-0.05, 0) is 32.4 Å². The average Bonchev–Trinajstić information content (AvgIpc) is 2.38. The van der Waals surface area contributed by atoms with E-state index in [4.69, 9.17) is 0 Å². The van der Waals surface area contributed by atoms with E-state index in [1.165, 1.54) is 5.56 Å². The van der Waals surface area contributed by atoms with Crippen LogP contribution in [0.4, 0.5) is 0 Å². The summed E-state index contributed by atoms with van der Waals surface area (Å²) >= 11 is 0. The Labute approximate surface area is 108 Å². The van der Waals surface area contributed by atoms with Gasteiger partial charge < -0.3 is 5.32 Å². The van der Waals surface area contributed by atoms with Crippen LogP contribution in [0.5, 0.6) is 0 Å². The van der Waals surface area contributed by atoms with Crippen molar-refractivity contribution in [2.45, 2.75) is 33.4 Å². The van der Waals surface area contributed by atoms with Gasteiger partial charge in [-0.3, -0.25) is 15.0 Å². The molecule has 0 saturated carbocycles. The SMILES string of the molecule is Cc1ccc(CNC(C)c2nccnc2C)cn1. The average molecular weight is 242 g/mol. The first kappa shape index (κ1) is 12.6. The van der Waals surface area contributed by atoms with Crippen LogP contribution < -0.4 is 5.32 Å². The van der Waals surface area contributed by atoms with Crippen molar-refractivity contribution in [3.05, 3.63) is 53.4 Å². The molecule has 0 spiro atoms. The number of nitrogens with zero attached hydrogens (tertiary/aromatic N) is 3. The van der Waals surface area contributed by atoms with Gasteiger partial charge in [-0.2, -0.15) is 0 Å². The van der Waals surface area contributed by atoms with Crippen LogP contribution in [0.15, 0.2) is 30.7 Å². The summed E-state index contributed by atoms with van der Waals surface area (Å²) in [6.07, 6.45) is 5.35. The number of pyridine rings is 1. The van der Waals surface area contributed by atoms with Crippen molar-refractivity contribution in [3.8, 4) is 0 Å². The predicted octanol–water partition coefficient (Wildman–Crippen LogP) is 2.34. The molecular formula is C14H18N4. The molecule has 0 fully saturated rings. The minimum Gasteiger partial charge on any atom is -0.305 e. The summed E-state index contributed by atoms with van der Waals surface area (Å²) < 4.78 is 0. The second-order valence-electron chi connectivity index (χ2n) is 4.44. The molecule has 0 aliphatic rings. The lowest BCUT2D eigenvalue weighted by molar-refractivity contribution is 0.554. The molecule has 2 aromatic rings. The number of aryl methyl sites for hydroxylation is 2. The summed E-state index contributed by atoms with van der Waals surface area (Å²) in [4.78, 5) is 12.9. The van der Waals surface area contributed by atoms with Crippen LogP contribution in [0.1, 0.15) is 35.6 Å². The highest BCUT2D eigenvalue weighted by Crippen LogP contribution is 2.12. The highest BCUT2D eigenvalue weighted by atomic mass is 14.9. The maximum absolute atomic E-state index is 4.36. The Kier molecular flexibility index (Phi) is 3.99. The van der Waals surface area contributed by atoms with Gasteiger partial charge in [0.05, 0.1) is 11.4 Å². The largest absolute Gasteiger partial charge is 0.305 e. The molecule has 0 amide bonds. The summed E-state index contributed by atoms with van der Waals surface area (Å²) in [6.45, 7) is 6.85. The molecule has 2 heterocycles. The van der Waals surface area contributed by atoms with E-state index in [0.29, 0.717) is 0 Å². The van der Waals surface area contributed by atoms with Gasteiger partial charge in [0, 0.05) is 36.9 Å². The molecule has 2 rings (SSSR count). The molecule has 4 heteroatoms. The molecule has 18 heavy (non-hydrogen) atoms. The van der Waals surface area contributed by atoms with Crippen LogP contribution in [-0.2, 0) is 6.54 Å². The first-order valence-electron chi connectivity index (χ1n) is 6.09. The van der Waals surface area contributed by atoms with Crippen LogP contribution in [0.2, 0.25) is 0 Å². The Hall–Kier alpha value is -1.81. The van der Waals surface area contributed by atoms with Crippen LogP contribution in [0.25, 0.3) is 0 Å². The number of nitrogens with one attached hydrogen (secondary N) is 1. The lowest BCUT2D eigenvalue weighted by Gasteiger charge is -2.14. The lowest BCUT2D eigenvalue weighted by Crippen LogP contribution is -2.20. The van der Waals surface area contributed by atoms with E-state index in [-0.39, 0.29) is 6.04 Å². The fraction of sp³-hybridized carbons (Fsp3) is 0.357. The fourth-order valence-electron chi connectivity index (χ4n) is 1.81. The third-order valence-corrected chi connectivity index (χ3v) is 2.91. The van der Waals surface area contributed by atoms with Crippen LogP contribution in [-0.4, -0.2) is 15.0 Å². The number of hydrogen-bond donors (Lipinski definition) is 1. The number of hydrogen-bond acceptors (Lipinski definition) is 4. The first-order chi connectivity index (χ1) is 8.66. The van der Waals surface area contributed by atoms with Gasteiger partial charge in [0.15, 0.2) is 0 Å². The van der Waals surface area contributed by atoms with Gasteiger partial charge in [-0.25, -0.2) is 0 Å². The highest BCUT2D eigenvalue weighted by molar-refractivity contribution is 5.15. The van der Waals surface area contributed by atoms with Crippen molar-refractivity contribution < 1.29 is 0 Å². The van der Waals surface area contributed by atoms with E-state index in [2.05, 4.69) is 33.3 Å². The minimum atomic E-state index is 0.181. The van der Waals surface area contributed by atoms with Crippen LogP contribution in [0.3, 0.4) is 0 Å². The van der Waals surface area contributed by atoms with Crippen molar-refractivity contribution >= 4 is 0 Å². The third kappa shape index (κ3) is 3.11. The zero-order valence-electron chi connectivity index (χ0n) is 11.0. The van der Waals surface area contributed by atoms with E-state index < -0.39 is 0 Å².